The molecule has 0 saturated carbocycles. The summed E-state index contributed by atoms with van der Waals surface area (Å²) in [5.74, 6) is 0. The molecule has 0 saturated heterocycles. The highest BCUT2D eigenvalue weighted by atomic mass is 32.1. The van der Waals surface area contributed by atoms with Crippen molar-refractivity contribution in [3.05, 3.63) is 265 Å². The van der Waals surface area contributed by atoms with Gasteiger partial charge in [0.15, 0.2) is 0 Å². The Balaban J connectivity index is 0.902. The smallest absolute Gasteiger partial charge is 0.109 e. The van der Waals surface area contributed by atoms with E-state index < -0.39 is 5.41 Å². The van der Waals surface area contributed by atoms with Gasteiger partial charge in [0.25, 0.3) is 0 Å². The number of thiophene rings is 1. The third kappa shape index (κ3) is 5.11. The lowest BCUT2D eigenvalue weighted by atomic mass is 9.70. The molecule has 316 valence electrons. The topological polar surface area (TPSA) is 7.65 Å². The molecule has 68 heavy (non-hydrogen) atoms. The SMILES string of the molecule is c1ccc(-c2cccc(N(c3ccc(-c4ccc5c(c4)c4cccc6c7cc(-c8ccccc8)sc7n5c46)cc3)c3cccc4c3-c3ccccc3C43c4ccccc4-c4ccccc43)c2)cc1. The number of anilines is 3. The maximum atomic E-state index is 2.50. The monoisotopic (exact) mass is 880 g/mol. The van der Waals surface area contributed by atoms with Crippen molar-refractivity contribution in [3.8, 4) is 54.9 Å². The van der Waals surface area contributed by atoms with Crippen LogP contribution in [0.3, 0.4) is 0 Å². The number of fused-ring (bicyclic) bond motifs is 16. The molecular formula is C65H40N2S. The molecule has 0 radical (unpaired) electrons. The lowest BCUT2D eigenvalue weighted by molar-refractivity contribution is 0.794. The molecule has 10 aromatic carbocycles. The first-order chi connectivity index (χ1) is 33.7. The van der Waals surface area contributed by atoms with Gasteiger partial charge in [-0.2, -0.15) is 0 Å². The number of benzene rings is 10. The van der Waals surface area contributed by atoms with Gasteiger partial charge < -0.3 is 4.90 Å². The third-order valence-corrected chi connectivity index (χ3v) is 16.1. The van der Waals surface area contributed by atoms with Crippen molar-refractivity contribution in [2.24, 2.45) is 0 Å². The zero-order chi connectivity index (χ0) is 44.5. The Morgan fingerprint density at radius 2 is 0.897 bits per heavy atom. The third-order valence-electron chi connectivity index (χ3n) is 15.0. The van der Waals surface area contributed by atoms with Crippen LogP contribution in [-0.4, -0.2) is 4.40 Å². The summed E-state index contributed by atoms with van der Waals surface area (Å²) in [6.07, 6.45) is 0. The van der Waals surface area contributed by atoms with E-state index >= 15 is 0 Å². The number of rotatable bonds is 6. The van der Waals surface area contributed by atoms with E-state index in [1.165, 1.54) is 115 Å². The maximum Gasteiger partial charge on any atom is 0.109 e. The van der Waals surface area contributed by atoms with Crippen molar-refractivity contribution in [3.63, 3.8) is 0 Å². The average Bonchev–Trinajstić information content (AvgIpc) is 4.21. The number of nitrogens with zero attached hydrogens (tertiary/aromatic N) is 2. The number of para-hydroxylation sites is 1. The lowest BCUT2D eigenvalue weighted by Crippen LogP contribution is -2.26. The van der Waals surface area contributed by atoms with Crippen LogP contribution in [0.4, 0.5) is 17.1 Å². The molecule has 0 amide bonds. The summed E-state index contributed by atoms with van der Waals surface area (Å²) < 4.78 is 2.50. The van der Waals surface area contributed by atoms with Gasteiger partial charge in [0, 0.05) is 43.4 Å². The van der Waals surface area contributed by atoms with Gasteiger partial charge in [0.05, 0.1) is 22.1 Å². The van der Waals surface area contributed by atoms with Crippen LogP contribution in [0.2, 0.25) is 0 Å². The largest absolute Gasteiger partial charge is 0.310 e. The first-order valence-electron chi connectivity index (χ1n) is 23.5. The van der Waals surface area contributed by atoms with Crippen molar-refractivity contribution in [1.29, 1.82) is 0 Å². The molecule has 0 aliphatic heterocycles. The minimum Gasteiger partial charge on any atom is -0.310 e. The van der Waals surface area contributed by atoms with Crippen LogP contribution in [0.25, 0.3) is 92.4 Å². The van der Waals surface area contributed by atoms with E-state index in [2.05, 4.69) is 252 Å². The van der Waals surface area contributed by atoms with Gasteiger partial charge >= 0.3 is 0 Å². The molecule has 3 heterocycles. The van der Waals surface area contributed by atoms with E-state index in [9.17, 15) is 0 Å². The Hall–Kier alpha value is -8.50. The number of hydrogen-bond donors (Lipinski definition) is 0. The van der Waals surface area contributed by atoms with E-state index in [1.807, 2.05) is 11.3 Å². The summed E-state index contributed by atoms with van der Waals surface area (Å²) in [4.78, 5) is 5.10. The van der Waals surface area contributed by atoms with Crippen molar-refractivity contribution < 1.29 is 0 Å². The van der Waals surface area contributed by atoms with Gasteiger partial charge in [-0.3, -0.25) is 4.40 Å². The molecule has 0 bridgehead atoms. The molecular weight excluding hydrogens is 841 g/mol. The zero-order valence-electron chi connectivity index (χ0n) is 36.9. The summed E-state index contributed by atoms with van der Waals surface area (Å²) in [6, 6.07) is 90.3. The fourth-order valence-corrected chi connectivity index (χ4v) is 13.4. The Bertz CT molecular complexity index is 4090. The molecule has 2 aliphatic carbocycles. The van der Waals surface area contributed by atoms with Crippen molar-refractivity contribution in [1.82, 2.24) is 4.40 Å². The Kier molecular flexibility index (Phi) is 7.90. The Morgan fingerprint density at radius 1 is 0.353 bits per heavy atom. The summed E-state index contributed by atoms with van der Waals surface area (Å²) in [5, 5.41) is 5.23. The summed E-state index contributed by atoms with van der Waals surface area (Å²) in [7, 11) is 0. The van der Waals surface area contributed by atoms with Crippen LogP contribution in [0.5, 0.6) is 0 Å². The molecule has 0 atom stereocenters. The predicted octanol–water partition coefficient (Wildman–Crippen LogP) is 17.7. The summed E-state index contributed by atoms with van der Waals surface area (Å²) >= 11 is 1.89. The summed E-state index contributed by atoms with van der Waals surface area (Å²) in [5.41, 5.74) is 22.1. The zero-order valence-corrected chi connectivity index (χ0v) is 37.7. The van der Waals surface area contributed by atoms with Crippen molar-refractivity contribution >= 4 is 65.8 Å². The molecule has 15 rings (SSSR count). The fraction of sp³-hybridized carbons (Fsp3) is 0.0154. The van der Waals surface area contributed by atoms with Gasteiger partial charge in [-0.1, -0.05) is 194 Å². The van der Waals surface area contributed by atoms with Gasteiger partial charge in [-0.05, 0) is 115 Å². The molecule has 1 spiro atoms. The van der Waals surface area contributed by atoms with Crippen LogP contribution in [0.15, 0.2) is 243 Å². The van der Waals surface area contributed by atoms with E-state index in [0.29, 0.717) is 0 Å². The van der Waals surface area contributed by atoms with Crippen LogP contribution < -0.4 is 4.90 Å². The predicted molar refractivity (Wildman–Crippen MR) is 286 cm³/mol. The maximum absolute atomic E-state index is 2.50. The highest BCUT2D eigenvalue weighted by molar-refractivity contribution is 7.22. The Morgan fingerprint density at radius 3 is 1.63 bits per heavy atom. The van der Waals surface area contributed by atoms with Crippen LogP contribution in [-0.2, 0) is 5.41 Å². The van der Waals surface area contributed by atoms with E-state index in [4.69, 9.17) is 0 Å². The minimum absolute atomic E-state index is 0.436. The second-order valence-corrected chi connectivity index (χ2v) is 19.4. The molecule has 0 N–H and O–H groups in total. The second kappa shape index (κ2) is 14.3. The standard InChI is InChI=1S/C65H40N2S/c1-3-16-41(17-4-1)44-20-13-21-47(38-44)66(60-31-15-30-58-62(60)52-24-9-12-29-57(52)65(58)55-27-10-7-22-48(55)49-23-8-11-28-56(49)65)46-35-32-42(33-36-46)45-34-37-59-53(39-45)50-25-14-26-51-54-40-61(43-18-5-2-6-19-43)68-64(54)67(59)63(50)51/h1-40H. The minimum atomic E-state index is -0.436. The highest BCUT2D eigenvalue weighted by Gasteiger charge is 2.52. The van der Waals surface area contributed by atoms with Gasteiger partial charge in [-0.25, -0.2) is 0 Å². The normalized spacial score (nSPS) is 13.1. The fourth-order valence-electron chi connectivity index (χ4n) is 12.2. The van der Waals surface area contributed by atoms with Crippen LogP contribution in [0.1, 0.15) is 22.3 Å². The molecule has 0 unspecified atom stereocenters. The Labute approximate surface area is 398 Å². The highest BCUT2D eigenvalue weighted by Crippen LogP contribution is 2.64. The molecule has 3 aromatic heterocycles. The van der Waals surface area contributed by atoms with E-state index in [-0.39, 0.29) is 0 Å². The van der Waals surface area contributed by atoms with Gasteiger partial charge in [0.1, 0.15) is 4.83 Å². The van der Waals surface area contributed by atoms with Crippen molar-refractivity contribution in [2.45, 2.75) is 5.41 Å². The number of aromatic nitrogens is 1. The van der Waals surface area contributed by atoms with Crippen LogP contribution in [0, 0.1) is 0 Å². The second-order valence-electron chi connectivity index (χ2n) is 18.3. The van der Waals surface area contributed by atoms with Crippen molar-refractivity contribution in [2.75, 3.05) is 4.90 Å². The first kappa shape index (κ1) is 37.7. The first-order valence-corrected chi connectivity index (χ1v) is 24.3. The molecule has 2 aliphatic rings. The van der Waals surface area contributed by atoms with Gasteiger partial charge in [0.2, 0.25) is 0 Å². The molecule has 0 fully saturated rings. The number of hydrogen-bond acceptors (Lipinski definition) is 2. The average molecular weight is 881 g/mol. The summed E-state index contributed by atoms with van der Waals surface area (Å²) in [6.45, 7) is 0. The molecule has 3 heteroatoms. The molecule has 2 nitrogen and oxygen atoms in total. The lowest BCUT2D eigenvalue weighted by Gasteiger charge is -2.32. The quantitative estimate of drug-likeness (QED) is 0.161. The van der Waals surface area contributed by atoms with E-state index in [1.54, 1.807) is 0 Å². The van der Waals surface area contributed by atoms with E-state index in [0.717, 1.165) is 17.1 Å². The van der Waals surface area contributed by atoms with Crippen LogP contribution >= 0.6 is 11.3 Å². The van der Waals surface area contributed by atoms with Gasteiger partial charge in [-0.15, -0.1) is 11.3 Å². The molecule has 13 aromatic rings.